The number of rotatable bonds is 8. The van der Waals surface area contributed by atoms with Crippen LogP contribution >= 0.6 is 11.8 Å². The number of anilines is 2. The summed E-state index contributed by atoms with van der Waals surface area (Å²) in [5, 5.41) is 9.77. The van der Waals surface area contributed by atoms with Crippen molar-refractivity contribution in [3.63, 3.8) is 0 Å². The molecule has 0 aromatic carbocycles. The third kappa shape index (κ3) is 5.78. The topological polar surface area (TPSA) is 78.9 Å². The second-order valence-corrected chi connectivity index (χ2v) is 4.56. The Morgan fingerprint density at radius 1 is 1.21 bits per heavy atom. The molecule has 0 saturated carbocycles. The van der Waals surface area contributed by atoms with E-state index in [0.717, 1.165) is 18.2 Å². The molecule has 0 radical (unpaired) electrons. The van der Waals surface area contributed by atoms with Crippen LogP contribution in [0.15, 0.2) is 11.2 Å². The Kier molecular flexibility index (Phi) is 7.02. The fourth-order valence-corrected chi connectivity index (χ4v) is 1.85. The van der Waals surface area contributed by atoms with Crippen molar-refractivity contribution >= 4 is 29.3 Å². The standard InChI is InChI=1S/C12H21N5OS/c1-4-13-9-8-10(17-12(16-9)19-3)15-7-6-11(18)14-5-2/h8H,4-7H2,1-3H3,(H,14,18)(H2,13,15,16,17). The molecule has 1 amide bonds. The third-order valence-corrected chi connectivity index (χ3v) is 2.83. The van der Waals surface area contributed by atoms with Gasteiger partial charge in [0.2, 0.25) is 5.91 Å². The van der Waals surface area contributed by atoms with Crippen molar-refractivity contribution in [3.05, 3.63) is 6.07 Å². The van der Waals surface area contributed by atoms with Crippen molar-refractivity contribution < 1.29 is 4.79 Å². The van der Waals surface area contributed by atoms with Crippen molar-refractivity contribution in [3.8, 4) is 0 Å². The van der Waals surface area contributed by atoms with E-state index in [2.05, 4.69) is 25.9 Å². The van der Waals surface area contributed by atoms with Gasteiger partial charge in [0.1, 0.15) is 11.6 Å². The SMILES string of the molecule is CCNC(=O)CCNc1cc(NCC)nc(SC)n1. The van der Waals surface area contributed by atoms with Gasteiger partial charge in [-0.15, -0.1) is 0 Å². The summed E-state index contributed by atoms with van der Waals surface area (Å²) in [6, 6.07) is 1.85. The molecule has 6 nitrogen and oxygen atoms in total. The smallest absolute Gasteiger partial charge is 0.221 e. The molecule has 0 fully saturated rings. The molecule has 1 rings (SSSR count). The van der Waals surface area contributed by atoms with E-state index in [1.165, 1.54) is 11.8 Å². The average molecular weight is 283 g/mol. The molecule has 7 heteroatoms. The predicted molar refractivity (Wildman–Crippen MR) is 79.8 cm³/mol. The Bertz CT molecular complexity index is 413. The van der Waals surface area contributed by atoms with E-state index in [4.69, 9.17) is 0 Å². The van der Waals surface area contributed by atoms with Crippen LogP contribution in [0.1, 0.15) is 20.3 Å². The third-order valence-electron chi connectivity index (χ3n) is 2.28. The summed E-state index contributed by atoms with van der Waals surface area (Å²) in [6.07, 6.45) is 2.37. The molecule has 0 aliphatic carbocycles. The van der Waals surface area contributed by atoms with E-state index < -0.39 is 0 Å². The lowest BCUT2D eigenvalue weighted by Gasteiger charge is -2.09. The van der Waals surface area contributed by atoms with Gasteiger partial charge < -0.3 is 16.0 Å². The van der Waals surface area contributed by atoms with Gasteiger partial charge in [-0.05, 0) is 20.1 Å². The monoisotopic (exact) mass is 283 g/mol. The molecule has 3 N–H and O–H groups in total. The fraction of sp³-hybridized carbons (Fsp3) is 0.583. The molecular formula is C12H21N5OS. The van der Waals surface area contributed by atoms with Crippen molar-refractivity contribution in [2.45, 2.75) is 25.4 Å². The minimum absolute atomic E-state index is 0.0426. The van der Waals surface area contributed by atoms with Gasteiger partial charge >= 0.3 is 0 Å². The molecule has 0 spiro atoms. The Hall–Kier alpha value is -1.50. The van der Waals surface area contributed by atoms with Crippen LogP contribution in [-0.4, -0.2) is 41.8 Å². The summed E-state index contributed by atoms with van der Waals surface area (Å²) in [5.74, 6) is 1.57. The molecule has 0 saturated heterocycles. The van der Waals surface area contributed by atoms with Crippen LogP contribution in [0.2, 0.25) is 0 Å². The van der Waals surface area contributed by atoms with Crippen LogP contribution in [-0.2, 0) is 4.79 Å². The molecule has 0 aliphatic rings. The Labute approximate surface area is 118 Å². The van der Waals surface area contributed by atoms with Gasteiger partial charge in [-0.2, -0.15) is 0 Å². The van der Waals surface area contributed by atoms with E-state index in [9.17, 15) is 4.79 Å². The summed E-state index contributed by atoms with van der Waals surface area (Å²) in [6.45, 7) is 5.95. The first-order valence-corrected chi connectivity index (χ1v) is 7.59. The minimum atomic E-state index is 0.0426. The van der Waals surface area contributed by atoms with E-state index in [0.29, 0.717) is 24.7 Å². The van der Waals surface area contributed by atoms with E-state index in [-0.39, 0.29) is 5.91 Å². The molecule has 0 aliphatic heterocycles. The number of hydrogen-bond donors (Lipinski definition) is 3. The first-order valence-electron chi connectivity index (χ1n) is 6.37. The quantitative estimate of drug-likeness (QED) is 0.496. The molecule has 106 valence electrons. The van der Waals surface area contributed by atoms with E-state index in [1.807, 2.05) is 26.2 Å². The number of aromatic nitrogens is 2. The molecule has 0 bridgehead atoms. The number of thioether (sulfide) groups is 1. The maximum absolute atomic E-state index is 11.3. The van der Waals surface area contributed by atoms with Gasteiger partial charge in [-0.1, -0.05) is 11.8 Å². The van der Waals surface area contributed by atoms with Gasteiger partial charge in [0.15, 0.2) is 5.16 Å². The first-order chi connectivity index (χ1) is 9.19. The molecule has 1 heterocycles. The Morgan fingerprint density at radius 3 is 2.47 bits per heavy atom. The van der Waals surface area contributed by atoms with Gasteiger partial charge in [-0.3, -0.25) is 4.79 Å². The van der Waals surface area contributed by atoms with E-state index in [1.54, 1.807) is 0 Å². The van der Waals surface area contributed by atoms with E-state index >= 15 is 0 Å². The van der Waals surface area contributed by atoms with Crippen LogP contribution in [0.4, 0.5) is 11.6 Å². The van der Waals surface area contributed by atoms with Crippen LogP contribution in [0.25, 0.3) is 0 Å². The lowest BCUT2D eigenvalue weighted by atomic mass is 10.4. The predicted octanol–water partition coefficient (Wildman–Crippen LogP) is 1.57. The number of nitrogens with zero attached hydrogens (tertiary/aromatic N) is 2. The largest absolute Gasteiger partial charge is 0.370 e. The maximum atomic E-state index is 11.3. The first kappa shape index (κ1) is 15.6. The van der Waals surface area contributed by atoms with Gasteiger partial charge in [-0.25, -0.2) is 9.97 Å². The average Bonchev–Trinajstić information content (AvgIpc) is 2.39. The zero-order valence-electron chi connectivity index (χ0n) is 11.6. The van der Waals surface area contributed by atoms with Gasteiger partial charge in [0, 0.05) is 32.1 Å². The highest BCUT2D eigenvalue weighted by Gasteiger charge is 2.04. The molecule has 0 unspecified atom stereocenters. The summed E-state index contributed by atoms with van der Waals surface area (Å²) < 4.78 is 0. The highest BCUT2D eigenvalue weighted by molar-refractivity contribution is 7.98. The highest BCUT2D eigenvalue weighted by atomic mass is 32.2. The molecule has 19 heavy (non-hydrogen) atoms. The van der Waals surface area contributed by atoms with Crippen LogP contribution < -0.4 is 16.0 Å². The maximum Gasteiger partial charge on any atom is 0.221 e. The molecular weight excluding hydrogens is 262 g/mol. The lowest BCUT2D eigenvalue weighted by molar-refractivity contribution is -0.120. The zero-order valence-corrected chi connectivity index (χ0v) is 12.4. The summed E-state index contributed by atoms with van der Waals surface area (Å²) in [4.78, 5) is 20.0. The molecule has 0 atom stereocenters. The number of amides is 1. The second kappa shape index (κ2) is 8.58. The Morgan fingerprint density at radius 2 is 1.89 bits per heavy atom. The zero-order chi connectivity index (χ0) is 14.1. The Balaban J connectivity index is 2.56. The van der Waals surface area contributed by atoms with Gasteiger partial charge in [0.25, 0.3) is 0 Å². The van der Waals surface area contributed by atoms with Crippen LogP contribution in [0.5, 0.6) is 0 Å². The molecule has 1 aromatic rings. The van der Waals surface area contributed by atoms with Crippen molar-refractivity contribution in [2.75, 3.05) is 36.5 Å². The lowest BCUT2D eigenvalue weighted by Crippen LogP contribution is -2.24. The van der Waals surface area contributed by atoms with Crippen LogP contribution in [0, 0.1) is 0 Å². The molecule has 1 aromatic heterocycles. The number of carbonyl (C=O) groups is 1. The minimum Gasteiger partial charge on any atom is -0.370 e. The number of hydrogen-bond acceptors (Lipinski definition) is 6. The number of nitrogens with one attached hydrogen (secondary N) is 3. The fourth-order valence-electron chi connectivity index (χ4n) is 1.47. The summed E-state index contributed by atoms with van der Waals surface area (Å²) >= 11 is 1.49. The number of carbonyl (C=O) groups excluding carboxylic acids is 1. The van der Waals surface area contributed by atoms with Crippen LogP contribution in [0.3, 0.4) is 0 Å². The second-order valence-electron chi connectivity index (χ2n) is 3.79. The summed E-state index contributed by atoms with van der Waals surface area (Å²) in [7, 11) is 0. The highest BCUT2D eigenvalue weighted by Crippen LogP contribution is 2.17. The van der Waals surface area contributed by atoms with Crippen molar-refractivity contribution in [1.29, 1.82) is 0 Å². The summed E-state index contributed by atoms with van der Waals surface area (Å²) in [5.41, 5.74) is 0. The van der Waals surface area contributed by atoms with Crippen molar-refractivity contribution in [1.82, 2.24) is 15.3 Å². The van der Waals surface area contributed by atoms with Gasteiger partial charge in [0.05, 0.1) is 0 Å². The van der Waals surface area contributed by atoms with Crippen molar-refractivity contribution in [2.24, 2.45) is 0 Å². The normalized spacial score (nSPS) is 10.1.